The van der Waals surface area contributed by atoms with E-state index in [9.17, 15) is 0 Å². The molecule has 7 atom stereocenters. The Bertz CT molecular complexity index is 488. The molecule has 122 valence electrons. The van der Waals surface area contributed by atoms with Gasteiger partial charge in [-0.05, 0) is 30.1 Å². The van der Waals surface area contributed by atoms with Crippen molar-refractivity contribution in [2.24, 2.45) is 11.8 Å². The second kappa shape index (κ2) is 7.59. The summed E-state index contributed by atoms with van der Waals surface area (Å²) < 4.78 is 0. The van der Waals surface area contributed by atoms with Crippen LogP contribution in [0.2, 0.25) is 0 Å². The van der Waals surface area contributed by atoms with Gasteiger partial charge in [-0.1, -0.05) is 83.2 Å². The van der Waals surface area contributed by atoms with Gasteiger partial charge in [-0.15, -0.1) is 17.2 Å². The van der Waals surface area contributed by atoms with Crippen LogP contribution in [0.3, 0.4) is 0 Å². The van der Waals surface area contributed by atoms with Gasteiger partial charge in [0.1, 0.15) is 0 Å². The van der Waals surface area contributed by atoms with Gasteiger partial charge in [0, 0.05) is 10.3 Å². The molecule has 0 bridgehead atoms. The van der Waals surface area contributed by atoms with Crippen LogP contribution in [0.15, 0.2) is 48.6 Å². The van der Waals surface area contributed by atoms with Crippen molar-refractivity contribution in [2.45, 2.75) is 57.0 Å². The van der Waals surface area contributed by atoms with Crippen LogP contribution >= 0.6 is 17.2 Å². The summed E-state index contributed by atoms with van der Waals surface area (Å²) in [6.45, 7) is 12.0. The first-order chi connectivity index (χ1) is 10.4. The Morgan fingerprint density at radius 2 is 1.45 bits per heavy atom. The molecule has 0 aromatic heterocycles. The van der Waals surface area contributed by atoms with E-state index in [0.29, 0.717) is 22.1 Å². The summed E-state index contributed by atoms with van der Waals surface area (Å²) >= 11 is 0. The van der Waals surface area contributed by atoms with Gasteiger partial charge in [0.15, 0.2) is 0 Å². The largest absolute Gasteiger partial charge is 0.111 e. The fraction of sp³-hybridized carbons (Fsp3) is 0.600. The zero-order valence-corrected chi connectivity index (χ0v) is 16.8. The summed E-state index contributed by atoms with van der Waals surface area (Å²) in [5.41, 5.74) is 0.866. The minimum atomic E-state index is 0.370. The third-order valence-electron chi connectivity index (χ3n) is 5.54. The van der Waals surface area contributed by atoms with Crippen molar-refractivity contribution in [3.8, 4) is 0 Å². The summed E-state index contributed by atoms with van der Waals surface area (Å²) in [6, 6.07) is 0. The molecule has 0 nitrogen and oxygen atoms in total. The molecule has 2 rings (SSSR count). The smallest absolute Gasteiger partial charge is 0.00930 e. The lowest BCUT2D eigenvalue weighted by Gasteiger charge is -2.38. The SMILES string of the molecule is CCC(CPC1(C)C=CC=CC1C)PC1(C)C=CC=CC1C. The topological polar surface area (TPSA) is 0 Å². The van der Waals surface area contributed by atoms with Crippen molar-refractivity contribution in [3.05, 3.63) is 48.6 Å². The maximum atomic E-state index is 2.45. The molecule has 0 aliphatic heterocycles. The minimum absolute atomic E-state index is 0.370. The number of hydrogen-bond acceptors (Lipinski definition) is 0. The van der Waals surface area contributed by atoms with Crippen LogP contribution in [0.5, 0.6) is 0 Å². The highest BCUT2D eigenvalue weighted by atomic mass is 31.1. The van der Waals surface area contributed by atoms with Gasteiger partial charge >= 0.3 is 0 Å². The third kappa shape index (κ3) is 4.21. The van der Waals surface area contributed by atoms with Crippen molar-refractivity contribution in [1.29, 1.82) is 0 Å². The summed E-state index contributed by atoms with van der Waals surface area (Å²) in [5.74, 6) is 1.34. The van der Waals surface area contributed by atoms with Crippen molar-refractivity contribution < 1.29 is 0 Å². The van der Waals surface area contributed by atoms with Crippen LogP contribution in [0.4, 0.5) is 0 Å². The molecule has 0 radical (unpaired) electrons. The van der Waals surface area contributed by atoms with Gasteiger partial charge < -0.3 is 0 Å². The average molecular weight is 334 g/mol. The van der Waals surface area contributed by atoms with Crippen molar-refractivity contribution >= 4 is 17.2 Å². The number of allylic oxidation sites excluding steroid dienone is 8. The van der Waals surface area contributed by atoms with E-state index in [-0.39, 0.29) is 0 Å². The molecular formula is C20H32P2. The van der Waals surface area contributed by atoms with Gasteiger partial charge in [0.25, 0.3) is 0 Å². The molecule has 22 heavy (non-hydrogen) atoms. The molecular weight excluding hydrogens is 302 g/mol. The lowest BCUT2D eigenvalue weighted by Crippen LogP contribution is -2.30. The van der Waals surface area contributed by atoms with Gasteiger partial charge in [0.2, 0.25) is 0 Å². The van der Waals surface area contributed by atoms with Crippen LogP contribution in [0.1, 0.15) is 41.0 Å². The van der Waals surface area contributed by atoms with E-state index in [1.807, 2.05) is 0 Å². The monoisotopic (exact) mass is 334 g/mol. The quantitative estimate of drug-likeness (QED) is 0.510. The fourth-order valence-electron chi connectivity index (χ4n) is 3.16. The lowest BCUT2D eigenvalue weighted by atomic mass is 9.91. The Labute approximate surface area is 141 Å². The summed E-state index contributed by atoms with van der Waals surface area (Å²) in [4.78, 5) is 0. The lowest BCUT2D eigenvalue weighted by molar-refractivity contribution is 0.586. The van der Waals surface area contributed by atoms with E-state index in [4.69, 9.17) is 0 Å². The maximum absolute atomic E-state index is 2.45. The van der Waals surface area contributed by atoms with Crippen molar-refractivity contribution in [2.75, 3.05) is 6.16 Å². The maximum Gasteiger partial charge on any atom is 0.00930 e. The van der Waals surface area contributed by atoms with E-state index in [0.717, 1.165) is 22.8 Å². The van der Waals surface area contributed by atoms with Crippen LogP contribution in [0.25, 0.3) is 0 Å². The molecule has 2 heteroatoms. The Morgan fingerprint density at radius 1 is 0.909 bits per heavy atom. The fourth-order valence-corrected chi connectivity index (χ4v) is 7.11. The molecule has 2 aliphatic rings. The molecule has 0 N–H and O–H groups in total. The summed E-state index contributed by atoms with van der Waals surface area (Å²) in [5, 5.41) is 0.746. The van der Waals surface area contributed by atoms with Crippen LogP contribution in [-0.2, 0) is 0 Å². The zero-order valence-electron chi connectivity index (χ0n) is 14.8. The van der Waals surface area contributed by atoms with Crippen LogP contribution in [-0.4, -0.2) is 22.1 Å². The highest BCUT2D eigenvalue weighted by molar-refractivity contribution is 7.45. The van der Waals surface area contributed by atoms with Gasteiger partial charge in [-0.2, -0.15) is 0 Å². The minimum Gasteiger partial charge on any atom is -0.111 e. The van der Waals surface area contributed by atoms with E-state index in [2.05, 4.69) is 83.2 Å². The molecule has 0 saturated carbocycles. The summed E-state index contributed by atoms with van der Waals surface area (Å²) in [7, 11) is 2.06. The molecule has 0 saturated heterocycles. The van der Waals surface area contributed by atoms with Gasteiger partial charge in [-0.3, -0.25) is 0 Å². The first-order valence-electron chi connectivity index (χ1n) is 8.64. The third-order valence-corrected chi connectivity index (χ3v) is 10.3. The Balaban J connectivity index is 1.95. The highest BCUT2D eigenvalue weighted by Gasteiger charge is 2.33. The van der Waals surface area contributed by atoms with Gasteiger partial charge in [-0.25, -0.2) is 0 Å². The standard InChI is InChI=1S/C20H32P2/c1-6-18(22-20(5)14-10-8-12-17(20)3)15-21-19(4)13-9-7-11-16(19)2/h7-14,16-18,21-22H,6,15H2,1-5H3. The molecule has 2 aliphatic carbocycles. The van der Waals surface area contributed by atoms with Crippen LogP contribution in [0, 0.1) is 11.8 Å². The average Bonchev–Trinajstić information content (AvgIpc) is 2.50. The van der Waals surface area contributed by atoms with Crippen molar-refractivity contribution in [1.82, 2.24) is 0 Å². The Morgan fingerprint density at radius 3 is 1.95 bits per heavy atom. The zero-order chi connectivity index (χ0) is 16.2. The molecule has 0 spiro atoms. The van der Waals surface area contributed by atoms with E-state index in [1.165, 1.54) is 12.6 Å². The second-order valence-corrected chi connectivity index (χ2v) is 11.3. The highest BCUT2D eigenvalue weighted by Crippen LogP contribution is 2.50. The predicted molar refractivity (Wildman–Crippen MR) is 107 cm³/mol. The summed E-state index contributed by atoms with van der Waals surface area (Å²) in [6.07, 6.45) is 21.3. The van der Waals surface area contributed by atoms with E-state index in [1.54, 1.807) is 0 Å². The second-order valence-electron chi connectivity index (χ2n) is 7.26. The molecule has 0 aromatic carbocycles. The van der Waals surface area contributed by atoms with Crippen molar-refractivity contribution in [3.63, 3.8) is 0 Å². The Hall–Kier alpha value is -0.180. The number of hydrogen-bond donors (Lipinski definition) is 0. The van der Waals surface area contributed by atoms with Gasteiger partial charge in [0.05, 0.1) is 0 Å². The molecule has 0 fully saturated rings. The van der Waals surface area contributed by atoms with Crippen LogP contribution < -0.4 is 0 Å². The molecule has 0 amide bonds. The molecule has 0 aromatic rings. The van der Waals surface area contributed by atoms with E-state index < -0.39 is 0 Å². The normalized spacial score (nSPS) is 39.5. The predicted octanol–water partition coefficient (Wildman–Crippen LogP) is 6.16. The first kappa shape index (κ1) is 18.2. The first-order valence-corrected chi connectivity index (χ1v) is 10.9. The number of rotatable bonds is 6. The Kier molecular flexibility index (Phi) is 6.27. The molecule has 7 unspecified atom stereocenters. The van der Waals surface area contributed by atoms with E-state index >= 15 is 0 Å². The molecule has 0 heterocycles.